The number of hydrogen-bond donors (Lipinski definition) is 2. The van der Waals surface area contributed by atoms with Gasteiger partial charge in [-0.15, -0.1) is 0 Å². The molecule has 3 heteroatoms. The van der Waals surface area contributed by atoms with Crippen LogP contribution in [0.2, 0.25) is 0 Å². The van der Waals surface area contributed by atoms with Crippen LogP contribution in [0.25, 0.3) is 0 Å². The van der Waals surface area contributed by atoms with Gasteiger partial charge >= 0.3 is 0 Å². The quantitative estimate of drug-likeness (QED) is 0.831. The molecule has 1 heterocycles. The van der Waals surface area contributed by atoms with Crippen LogP contribution >= 0.6 is 0 Å². The van der Waals surface area contributed by atoms with E-state index in [-0.39, 0.29) is 5.41 Å². The van der Waals surface area contributed by atoms with Gasteiger partial charge in [0.05, 0.1) is 5.41 Å². The van der Waals surface area contributed by atoms with Crippen LogP contribution in [0.5, 0.6) is 0 Å². The summed E-state index contributed by atoms with van der Waals surface area (Å²) in [5.74, 6) is 1.76. The second-order valence-electron chi connectivity index (χ2n) is 7.29. The van der Waals surface area contributed by atoms with Gasteiger partial charge in [0, 0.05) is 12.6 Å². The second-order valence-corrected chi connectivity index (χ2v) is 7.29. The molecule has 1 saturated carbocycles. The highest BCUT2D eigenvalue weighted by Crippen LogP contribution is 2.34. The maximum atomic E-state index is 12.9. The van der Waals surface area contributed by atoms with Gasteiger partial charge < -0.3 is 10.6 Å². The predicted molar refractivity (Wildman–Crippen MR) is 83.6 cm³/mol. The van der Waals surface area contributed by atoms with Crippen molar-refractivity contribution in [3.8, 4) is 0 Å². The average molecular weight is 280 g/mol. The summed E-state index contributed by atoms with van der Waals surface area (Å²) in [6.45, 7) is 8.75. The molecule has 1 aliphatic heterocycles. The molecular formula is C17H32N2O. The minimum absolute atomic E-state index is 0.143. The summed E-state index contributed by atoms with van der Waals surface area (Å²) in [5.41, 5.74) is -0.143. The molecule has 0 aromatic rings. The van der Waals surface area contributed by atoms with Crippen molar-refractivity contribution in [2.75, 3.05) is 13.1 Å². The number of amides is 1. The molecule has 0 aromatic carbocycles. The predicted octanol–water partition coefficient (Wildman–Crippen LogP) is 3.10. The first-order chi connectivity index (χ1) is 9.57. The van der Waals surface area contributed by atoms with Crippen LogP contribution in [0.1, 0.15) is 65.7 Å². The highest BCUT2D eigenvalue weighted by molar-refractivity contribution is 5.83. The SMILES string of the molecule is CCCC1(C(=O)NC2CCC(C)CC2C)CCCNC1. The van der Waals surface area contributed by atoms with Crippen molar-refractivity contribution >= 4 is 5.91 Å². The van der Waals surface area contributed by atoms with Crippen LogP contribution in [0, 0.1) is 17.3 Å². The molecule has 2 N–H and O–H groups in total. The molecule has 1 aliphatic carbocycles. The zero-order valence-electron chi connectivity index (χ0n) is 13.5. The molecule has 20 heavy (non-hydrogen) atoms. The summed E-state index contributed by atoms with van der Waals surface area (Å²) in [5, 5.41) is 6.84. The Hall–Kier alpha value is -0.570. The topological polar surface area (TPSA) is 41.1 Å². The molecule has 2 rings (SSSR count). The summed E-state index contributed by atoms with van der Waals surface area (Å²) in [6, 6.07) is 0.398. The molecule has 2 fully saturated rings. The lowest BCUT2D eigenvalue weighted by molar-refractivity contribution is -0.134. The number of hydrogen-bond acceptors (Lipinski definition) is 2. The van der Waals surface area contributed by atoms with Crippen molar-refractivity contribution < 1.29 is 4.79 Å². The van der Waals surface area contributed by atoms with Crippen LogP contribution in [-0.2, 0) is 4.79 Å². The summed E-state index contributed by atoms with van der Waals surface area (Å²) < 4.78 is 0. The minimum Gasteiger partial charge on any atom is -0.353 e. The van der Waals surface area contributed by atoms with E-state index < -0.39 is 0 Å². The van der Waals surface area contributed by atoms with Crippen LogP contribution in [0.4, 0.5) is 0 Å². The molecule has 4 unspecified atom stereocenters. The molecule has 4 atom stereocenters. The largest absolute Gasteiger partial charge is 0.353 e. The molecule has 1 amide bonds. The Morgan fingerprint density at radius 2 is 2.15 bits per heavy atom. The molecular weight excluding hydrogens is 248 g/mol. The lowest BCUT2D eigenvalue weighted by atomic mass is 9.74. The monoisotopic (exact) mass is 280 g/mol. The van der Waals surface area contributed by atoms with Gasteiger partial charge in [0.1, 0.15) is 0 Å². The Bertz CT molecular complexity index is 317. The fourth-order valence-electron chi connectivity index (χ4n) is 4.17. The zero-order valence-corrected chi connectivity index (χ0v) is 13.5. The third-order valence-electron chi connectivity index (χ3n) is 5.43. The van der Waals surface area contributed by atoms with Gasteiger partial charge in [0.2, 0.25) is 5.91 Å². The molecule has 0 spiro atoms. The lowest BCUT2D eigenvalue weighted by Gasteiger charge is -2.40. The minimum atomic E-state index is -0.143. The van der Waals surface area contributed by atoms with E-state index in [1.54, 1.807) is 0 Å². The van der Waals surface area contributed by atoms with Gasteiger partial charge in [-0.05, 0) is 56.9 Å². The standard InChI is InChI=1S/C17H32N2O/c1-4-8-17(9-5-10-18-12-17)16(20)19-15-7-6-13(2)11-14(15)3/h13-15,18H,4-12H2,1-3H3,(H,19,20). The van der Waals surface area contributed by atoms with Crippen LogP contribution < -0.4 is 10.6 Å². The fourth-order valence-corrected chi connectivity index (χ4v) is 4.17. The van der Waals surface area contributed by atoms with E-state index >= 15 is 0 Å². The van der Waals surface area contributed by atoms with Crippen molar-refractivity contribution in [1.82, 2.24) is 10.6 Å². The summed E-state index contributed by atoms with van der Waals surface area (Å²) in [4.78, 5) is 12.9. The number of nitrogens with one attached hydrogen (secondary N) is 2. The Morgan fingerprint density at radius 1 is 1.35 bits per heavy atom. The maximum absolute atomic E-state index is 12.9. The fraction of sp³-hybridized carbons (Fsp3) is 0.941. The Morgan fingerprint density at radius 3 is 2.75 bits per heavy atom. The highest BCUT2D eigenvalue weighted by atomic mass is 16.2. The first-order valence-electron chi connectivity index (χ1n) is 8.59. The Labute approximate surface area is 124 Å². The molecule has 3 nitrogen and oxygen atoms in total. The van der Waals surface area contributed by atoms with Crippen LogP contribution in [-0.4, -0.2) is 25.0 Å². The average Bonchev–Trinajstić information content (AvgIpc) is 2.43. The van der Waals surface area contributed by atoms with E-state index in [4.69, 9.17) is 0 Å². The third-order valence-corrected chi connectivity index (χ3v) is 5.43. The number of rotatable bonds is 4. The van der Waals surface area contributed by atoms with Gasteiger partial charge in [-0.2, -0.15) is 0 Å². The van der Waals surface area contributed by atoms with Crippen molar-refractivity contribution in [2.45, 2.75) is 71.8 Å². The van der Waals surface area contributed by atoms with Gasteiger partial charge in [-0.3, -0.25) is 4.79 Å². The number of piperidine rings is 1. The molecule has 1 saturated heterocycles. The first kappa shape index (κ1) is 15.8. The number of carbonyl (C=O) groups excluding carboxylic acids is 1. The first-order valence-corrected chi connectivity index (χ1v) is 8.59. The molecule has 0 aromatic heterocycles. The zero-order chi connectivity index (χ0) is 14.6. The van der Waals surface area contributed by atoms with Crippen LogP contribution in [0.3, 0.4) is 0 Å². The van der Waals surface area contributed by atoms with Crippen molar-refractivity contribution in [1.29, 1.82) is 0 Å². The van der Waals surface area contributed by atoms with Crippen molar-refractivity contribution in [2.24, 2.45) is 17.3 Å². The smallest absolute Gasteiger partial charge is 0.227 e. The Kier molecular flexibility index (Phi) is 5.48. The highest BCUT2D eigenvalue weighted by Gasteiger charge is 2.40. The normalized spacial score (nSPS) is 38.5. The van der Waals surface area contributed by atoms with Crippen molar-refractivity contribution in [3.63, 3.8) is 0 Å². The molecule has 0 bridgehead atoms. The van der Waals surface area contributed by atoms with Gasteiger partial charge in [-0.1, -0.05) is 27.2 Å². The van der Waals surface area contributed by atoms with Crippen molar-refractivity contribution in [3.05, 3.63) is 0 Å². The van der Waals surface area contributed by atoms with E-state index in [1.807, 2.05) is 0 Å². The van der Waals surface area contributed by atoms with Gasteiger partial charge in [-0.25, -0.2) is 0 Å². The summed E-state index contributed by atoms with van der Waals surface area (Å²) >= 11 is 0. The van der Waals surface area contributed by atoms with E-state index in [0.717, 1.165) is 51.1 Å². The van der Waals surface area contributed by atoms with E-state index in [0.29, 0.717) is 17.9 Å². The van der Waals surface area contributed by atoms with Gasteiger partial charge in [0.15, 0.2) is 0 Å². The lowest BCUT2D eigenvalue weighted by Crippen LogP contribution is -2.54. The third kappa shape index (κ3) is 3.55. The number of carbonyl (C=O) groups is 1. The second kappa shape index (κ2) is 6.93. The summed E-state index contributed by atoms with van der Waals surface area (Å²) in [6.07, 6.45) is 7.96. The molecule has 116 valence electrons. The van der Waals surface area contributed by atoms with E-state index in [2.05, 4.69) is 31.4 Å². The van der Waals surface area contributed by atoms with E-state index in [9.17, 15) is 4.79 Å². The summed E-state index contributed by atoms with van der Waals surface area (Å²) in [7, 11) is 0. The molecule has 0 radical (unpaired) electrons. The Balaban J connectivity index is 1.97. The van der Waals surface area contributed by atoms with Crippen LogP contribution in [0.15, 0.2) is 0 Å². The molecule has 2 aliphatic rings. The maximum Gasteiger partial charge on any atom is 0.227 e. The van der Waals surface area contributed by atoms with E-state index in [1.165, 1.54) is 12.8 Å². The van der Waals surface area contributed by atoms with Gasteiger partial charge in [0.25, 0.3) is 0 Å².